The molecule has 1 aromatic heterocycles. The number of fused-ring (bicyclic) bond motifs is 8. The summed E-state index contributed by atoms with van der Waals surface area (Å²) in [5.74, 6) is 0.343. The van der Waals surface area contributed by atoms with E-state index in [0.717, 1.165) is 33.5 Å². The number of nitrogens with two attached hydrogens (primary N) is 1. The molecule has 3 aliphatic rings. The first-order valence-corrected chi connectivity index (χ1v) is 12.2. The Morgan fingerprint density at radius 2 is 1.89 bits per heavy atom. The van der Waals surface area contributed by atoms with Crippen LogP contribution in [-0.2, 0) is 21.7 Å². The molecule has 6 heteroatoms. The van der Waals surface area contributed by atoms with Gasteiger partial charge in [0.25, 0.3) is 5.91 Å². The van der Waals surface area contributed by atoms with E-state index in [1.807, 2.05) is 26.0 Å². The highest BCUT2D eigenvalue weighted by Crippen LogP contribution is 2.62. The van der Waals surface area contributed by atoms with Gasteiger partial charge in [0.15, 0.2) is 0 Å². The molecule has 1 aliphatic carbocycles. The maximum absolute atomic E-state index is 13.4. The first-order valence-electron chi connectivity index (χ1n) is 12.2. The molecule has 2 aromatic carbocycles. The average Bonchev–Trinajstić information content (AvgIpc) is 3.32. The SMILES string of the molecule is Cc1cc(N)nc(C)c1CNC(=O)C1=CC2C(C=C1)C1OC2(C)c2cc(-c3ccc(F)cc3)ccc21. The number of aryl methyl sites for hydroxylation is 2. The minimum atomic E-state index is -0.537. The van der Waals surface area contributed by atoms with Gasteiger partial charge in [-0.1, -0.05) is 42.5 Å². The van der Waals surface area contributed by atoms with Crippen molar-refractivity contribution in [3.8, 4) is 11.1 Å². The van der Waals surface area contributed by atoms with Crippen molar-refractivity contribution in [3.63, 3.8) is 0 Å². The smallest absolute Gasteiger partial charge is 0.251 e. The molecule has 4 atom stereocenters. The molecule has 0 radical (unpaired) electrons. The molecule has 182 valence electrons. The van der Waals surface area contributed by atoms with Crippen molar-refractivity contribution in [2.75, 3.05) is 5.73 Å². The van der Waals surface area contributed by atoms with Crippen LogP contribution in [0.3, 0.4) is 0 Å². The molecule has 1 amide bonds. The highest BCUT2D eigenvalue weighted by atomic mass is 19.1. The molecule has 36 heavy (non-hydrogen) atoms. The highest BCUT2D eigenvalue weighted by molar-refractivity contribution is 5.96. The molecule has 5 nitrogen and oxygen atoms in total. The summed E-state index contributed by atoms with van der Waals surface area (Å²) in [6.45, 7) is 6.38. The lowest BCUT2D eigenvalue weighted by Gasteiger charge is -2.34. The summed E-state index contributed by atoms with van der Waals surface area (Å²) in [7, 11) is 0. The Bertz CT molecular complexity index is 1440. The maximum Gasteiger partial charge on any atom is 0.251 e. The van der Waals surface area contributed by atoms with E-state index in [9.17, 15) is 9.18 Å². The number of aromatic nitrogens is 1. The van der Waals surface area contributed by atoms with E-state index in [-0.39, 0.29) is 29.7 Å². The number of carbonyl (C=O) groups is 1. The van der Waals surface area contributed by atoms with Gasteiger partial charge in [-0.15, -0.1) is 0 Å². The van der Waals surface area contributed by atoms with Crippen LogP contribution in [0.2, 0.25) is 0 Å². The van der Waals surface area contributed by atoms with Crippen molar-refractivity contribution in [1.82, 2.24) is 10.3 Å². The molecule has 3 heterocycles. The number of hydrogen-bond acceptors (Lipinski definition) is 4. The number of nitrogens with one attached hydrogen (secondary N) is 1. The van der Waals surface area contributed by atoms with Gasteiger partial charge < -0.3 is 15.8 Å². The summed E-state index contributed by atoms with van der Waals surface area (Å²) in [6, 6.07) is 14.7. The number of ether oxygens (including phenoxy) is 1. The van der Waals surface area contributed by atoms with Gasteiger partial charge >= 0.3 is 0 Å². The zero-order valence-electron chi connectivity index (χ0n) is 20.5. The fourth-order valence-corrected chi connectivity index (χ4v) is 6.08. The van der Waals surface area contributed by atoms with E-state index in [1.165, 1.54) is 17.7 Å². The summed E-state index contributed by atoms with van der Waals surface area (Å²) in [5, 5.41) is 3.05. The second-order valence-corrected chi connectivity index (χ2v) is 10.1. The van der Waals surface area contributed by atoms with Crippen molar-refractivity contribution < 1.29 is 13.9 Å². The van der Waals surface area contributed by atoms with Gasteiger partial charge in [-0.3, -0.25) is 4.79 Å². The first kappa shape index (κ1) is 22.7. The molecule has 6 rings (SSSR count). The van der Waals surface area contributed by atoms with Gasteiger partial charge in [-0.05, 0) is 78.4 Å². The van der Waals surface area contributed by atoms with Gasteiger partial charge in [0.05, 0.1) is 11.7 Å². The van der Waals surface area contributed by atoms with Crippen molar-refractivity contribution in [1.29, 1.82) is 0 Å². The average molecular weight is 482 g/mol. The number of pyridine rings is 1. The lowest BCUT2D eigenvalue weighted by Crippen LogP contribution is -2.34. The first-order chi connectivity index (χ1) is 17.2. The Morgan fingerprint density at radius 3 is 2.64 bits per heavy atom. The molecule has 1 saturated heterocycles. The van der Waals surface area contributed by atoms with Crippen LogP contribution in [-0.4, -0.2) is 10.9 Å². The van der Waals surface area contributed by atoms with Crippen LogP contribution in [0.4, 0.5) is 10.2 Å². The van der Waals surface area contributed by atoms with E-state index in [4.69, 9.17) is 10.5 Å². The second kappa shape index (κ2) is 8.14. The molecule has 1 fully saturated rings. The fraction of sp³-hybridized carbons (Fsp3) is 0.267. The molecule has 3 N–H and O–H groups in total. The van der Waals surface area contributed by atoms with E-state index >= 15 is 0 Å². The summed E-state index contributed by atoms with van der Waals surface area (Å²) in [4.78, 5) is 17.4. The fourth-order valence-electron chi connectivity index (χ4n) is 6.08. The largest absolute Gasteiger partial charge is 0.384 e. The molecular formula is C30H28FN3O2. The monoisotopic (exact) mass is 481 g/mol. The topological polar surface area (TPSA) is 77.2 Å². The summed E-state index contributed by atoms with van der Waals surface area (Å²) in [6.07, 6.45) is 6.06. The third-order valence-electron chi connectivity index (χ3n) is 7.96. The van der Waals surface area contributed by atoms with Gasteiger partial charge in [0.2, 0.25) is 0 Å². The van der Waals surface area contributed by atoms with E-state index in [0.29, 0.717) is 17.9 Å². The molecular weight excluding hydrogens is 453 g/mol. The molecule has 3 aromatic rings. The van der Waals surface area contributed by atoms with Gasteiger partial charge in [-0.2, -0.15) is 0 Å². The quantitative estimate of drug-likeness (QED) is 0.521. The van der Waals surface area contributed by atoms with Crippen molar-refractivity contribution in [2.45, 2.75) is 39.0 Å². The Hall–Kier alpha value is -3.77. The lowest BCUT2D eigenvalue weighted by molar-refractivity contribution is -0.117. The van der Waals surface area contributed by atoms with E-state index in [2.05, 4.69) is 47.6 Å². The number of anilines is 1. The molecule has 2 bridgehead atoms. The Labute approximate surface area is 209 Å². The Balaban J connectivity index is 1.26. The second-order valence-electron chi connectivity index (χ2n) is 10.1. The number of rotatable bonds is 4. The van der Waals surface area contributed by atoms with Gasteiger partial charge in [0, 0.05) is 29.6 Å². The van der Waals surface area contributed by atoms with Crippen molar-refractivity contribution in [3.05, 3.63) is 106 Å². The predicted octanol–water partition coefficient (Wildman–Crippen LogP) is 5.43. The van der Waals surface area contributed by atoms with Crippen molar-refractivity contribution >= 4 is 11.7 Å². The third kappa shape index (κ3) is 3.47. The van der Waals surface area contributed by atoms with Crippen LogP contribution in [0.5, 0.6) is 0 Å². The number of amides is 1. The van der Waals surface area contributed by atoms with Crippen LogP contribution in [0.15, 0.2) is 72.3 Å². The molecule has 0 spiro atoms. The zero-order chi connectivity index (χ0) is 25.2. The van der Waals surface area contributed by atoms with Crippen molar-refractivity contribution in [2.24, 2.45) is 11.8 Å². The number of carbonyl (C=O) groups excluding carboxylic acids is 1. The molecule has 0 saturated carbocycles. The normalized spacial score (nSPS) is 25.3. The summed E-state index contributed by atoms with van der Waals surface area (Å²) < 4.78 is 20.0. The molecule has 2 aliphatic heterocycles. The van der Waals surface area contributed by atoms with E-state index in [1.54, 1.807) is 12.1 Å². The van der Waals surface area contributed by atoms with Crippen LogP contribution in [0, 0.1) is 31.5 Å². The van der Waals surface area contributed by atoms with Gasteiger partial charge in [-0.25, -0.2) is 9.37 Å². The number of nitrogen functional groups attached to an aromatic ring is 1. The predicted molar refractivity (Wildman–Crippen MR) is 137 cm³/mol. The minimum absolute atomic E-state index is 0.0412. The zero-order valence-corrected chi connectivity index (χ0v) is 20.5. The maximum atomic E-state index is 13.4. The standard InChI is InChI=1S/C30H28FN3O2/c1-16-12-27(32)34-17(2)24(16)15-33-29(35)20-7-11-23-26(14-20)30(3)25-13-19(6-10-22(25)28(23)36-30)18-4-8-21(31)9-5-18/h4-14,23,26,28H,15H2,1-3H3,(H2,32,34)(H,33,35). The number of benzene rings is 2. The van der Waals surface area contributed by atoms with Crippen LogP contribution in [0.25, 0.3) is 11.1 Å². The van der Waals surface area contributed by atoms with Crippen LogP contribution < -0.4 is 11.1 Å². The number of halogens is 1. The van der Waals surface area contributed by atoms with E-state index < -0.39 is 5.60 Å². The van der Waals surface area contributed by atoms with Gasteiger partial charge in [0.1, 0.15) is 11.6 Å². The van der Waals surface area contributed by atoms with Crippen LogP contribution >= 0.6 is 0 Å². The minimum Gasteiger partial charge on any atom is -0.384 e. The third-order valence-corrected chi connectivity index (χ3v) is 7.96. The van der Waals surface area contributed by atoms with Crippen LogP contribution in [0.1, 0.15) is 41.0 Å². The Kier molecular flexibility index (Phi) is 5.12. The summed E-state index contributed by atoms with van der Waals surface area (Å²) >= 11 is 0. The Morgan fingerprint density at radius 1 is 1.14 bits per heavy atom. The lowest BCUT2D eigenvalue weighted by atomic mass is 9.67. The number of nitrogens with zero attached hydrogens (tertiary/aromatic N) is 1. The summed E-state index contributed by atoms with van der Waals surface area (Å²) in [5.41, 5.74) is 13.1. The highest BCUT2D eigenvalue weighted by Gasteiger charge is 2.58. The number of hydrogen-bond donors (Lipinski definition) is 2. The molecule has 4 unspecified atom stereocenters.